The van der Waals surface area contributed by atoms with E-state index in [1.165, 1.54) is 30.5 Å². The number of piperidine rings is 1. The lowest BCUT2D eigenvalue weighted by Gasteiger charge is -2.75. The number of nitrogens with zero attached hydrogens (tertiary/aromatic N) is 1. The van der Waals surface area contributed by atoms with Crippen molar-refractivity contribution >= 4 is 0 Å². The van der Waals surface area contributed by atoms with Crippen LogP contribution in [0.5, 0.6) is 11.5 Å². The average molecular weight is 482 g/mol. The first-order valence-corrected chi connectivity index (χ1v) is 13.9. The van der Waals surface area contributed by atoms with Crippen molar-refractivity contribution in [3.63, 3.8) is 0 Å². The molecule has 4 bridgehead atoms. The van der Waals surface area contributed by atoms with E-state index in [1.807, 2.05) is 7.11 Å². The fourth-order valence-electron chi connectivity index (χ4n) is 9.73. The van der Waals surface area contributed by atoms with Crippen molar-refractivity contribution in [1.82, 2.24) is 4.90 Å². The number of likely N-dealkylation sites (tertiary alicyclic amines) is 1. The van der Waals surface area contributed by atoms with Crippen LogP contribution in [-0.4, -0.2) is 60.7 Å². The predicted molar refractivity (Wildman–Crippen MR) is 135 cm³/mol. The van der Waals surface area contributed by atoms with E-state index < -0.39 is 11.2 Å². The van der Waals surface area contributed by atoms with Gasteiger partial charge in [0.1, 0.15) is 11.7 Å². The van der Waals surface area contributed by atoms with Gasteiger partial charge in [-0.1, -0.05) is 26.8 Å². The monoisotopic (exact) mass is 481 g/mol. The highest BCUT2D eigenvalue weighted by atomic mass is 16.6. The van der Waals surface area contributed by atoms with Crippen LogP contribution in [-0.2, 0) is 16.6 Å². The van der Waals surface area contributed by atoms with Crippen LogP contribution in [0.15, 0.2) is 12.1 Å². The largest absolute Gasteiger partial charge is 0.493 e. The lowest BCUT2D eigenvalue weighted by molar-refractivity contribution is -0.312. The van der Waals surface area contributed by atoms with Crippen LogP contribution < -0.4 is 9.47 Å². The summed E-state index contributed by atoms with van der Waals surface area (Å²) in [7, 11) is 3.63. The molecule has 2 spiro atoms. The lowest BCUT2D eigenvalue weighted by Crippen LogP contribution is -2.83. The van der Waals surface area contributed by atoms with Gasteiger partial charge in [-0.05, 0) is 81.4 Å². The summed E-state index contributed by atoms with van der Waals surface area (Å²) in [5.74, 6) is 2.71. The van der Waals surface area contributed by atoms with E-state index in [2.05, 4.69) is 44.7 Å². The molecule has 5 fully saturated rings. The van der Waals surface area contributed by atoms with Gasteiger partial charge in [-0.15, -0.1) is 0 Å². The summed E-state index contributed by atoms with van der Waals surface area (Å²) < 4.78 is 19.6. The van der Waals surface area contributed by atoms with Crippen LogP contribution in [0.25, 0.3) is 0 Å². The number of methoxy groups -OCH3 is 2. The molecule has 4 saturated carbocycles. The first kappa shape index (κ1) is 22.9. The Labute approximate surface area is 210 Å². The highest BCUT2D eigenvalue weighted by Crippen LogP contribution is 2.78. The molecule has 5 aliphatic carbocycles. The molecule has 1 unspecified atom stereocenters. The molecule has 8 rings (SSSR count). The summed E-state index contributed by atoms with van der Waals surface area (Å²) >= 11 is 0. The van der Waals surface area contributed by atoms with Gasteiger partial charge in [0.25, 0.3) is 0 Å². The first-order chi connectivity index (χ1) is 16.6. The van der Waals surface area contributed by atoms with Crippen LogP contribution in [0.4, 0.5) is 0 Å². The van der Waals surface area contributed by atoms with E-state index in [9.17, 15) is 5.11 Å². The third kappa shape index (κ3) is 2.47. The maximum absolute atomic E-state index is 12.3. The SMILES string of the molecule is COc1ccc2c3c1O[C@H]1[C@]4(OC)CC[C@@]5(C[C@@H]4C(C)(O)C(C)(C)C)[C@@H](C2)N(CC2CC2)CC[C@]315. The summed E-state index contributed by atoms with van der Waals surface area (Å²) in [4.78, 5) is 2.86. The van der Waals surface area contributed by atoms with E-state index in [1.54, 1.807) is 7.11 Å². The predicted octanol–water partition coefficient (Wildman–Crippen LogP) is 4.72. The zero-order valence-corrected chi connectivity index (χ0v) is 22.4. The molecule has 5 nitrogen and oxygen atoms in total. The molecule has 0 radical (unpaired) electrons. The van der Waals surface area contributed by atoms with E-state index in [-0.39, 0.29) is 28.3 Å². The summed E-state index contributed by atoms with van der Waals surface area (Å²) in [6.07, 6.45) is 8.00. The number of aliphatic hydroxyl groups is 1. The maximum atomic E-state index is 12.3. The summed E-state index contributed by atoms with van der Waals surface area (Å²) in [6, 6.07) is 4.93. The number of rotatable bonds is 5. The number of ether oxygens (including phenoxy) is 3. The Balaban J connectivity index is 1.48. The van der Waals surface area contributed by atoms with Crippen molar-refractivity contribution in [3.8, 4) is 11.5 Å². The molecule has 5 heteroatoms. The second-order valence-corrected chi connectivity index (χ2v) is 14.0. The zero-order chi connectivity index (χ0) is 24.6. The van der Waals surface area contributed by atoms with Gasteiger partial charge >= 0.3 is 0 Å². The van der Waals surface area contributed by atoms with E-state index in [0.717, 1.165) is 56.1 Å². The van der Waals surface area contributed by atoms with Crippen LogP contribution in [0, 0.1) is 22.7 Å². The van der Waals surface area contributed by atoms with Crippen molar-refractivity contribution < 1.29 is 19.3 Å². The molecule has 1 aromatic rings. The van der Waals surface area contributed by atoms with Gasteiger partial charge in [0.2, 0.25) is 0 Å². The normalized spacial score (nSPS) is 42.9. The van der Waals surface area contributed by atoms with Crippen LogP contribution >= 0.6 is 0 Å². The van der Waals surface area contributed by atoms with Crippen molar-refractivity contribution in [2.45, 2.75) is 101 Å². The molecular weight excluding hydrogens is 438 g/mol. The number of hydrogen-bond acceptors (Lipinski definition) is 5. The highest BCUT2D eigenvalue weighted by Gasteiger charge is 2.82. The molecule has 2 aliphatic heterocycles. The molecule has 7 atom stereocenters. The molecule has 0 aromatic heterocycles. The third-order valence-electron chi connectivity index (χ3n) is 12.1. The van der Waals surface area contributed by atoms with Crippen LogP contribution in [0.2, 0.25) is 0 Å². The van der Waals surface area contributed by atoms with Gasteiger partial charge in [-0.25, -0.2) is 0 Å². The Morgan fingerprint density at radius 3 is 2.54 bits per heavy atom. The molecule has 1 aromatic carbocycles. The number of fused-ring (bicyclic) bond motifs is 2. The maximum Gasteiger partial charge on any atom is 0.165 e. The summed E-state index contributed by atoms with van der Waals surface area (Å²) in [5.41, 5.74) is 1.26. The topological polar surface area (TPSA) is 51.2 Å². The molecule has 35 heavy (non-hydrogen) atoms. The molecule has 2 heterocycles. The van der Waals surface area contributed by atoms with Crippen LogP contribution in [0.3, 0.4) is 0 Å². The second kappa shape index (κ2) is 6.76. The molecule has 1 N–H and O–H groups in total. The van der Waals surface area contributed by atoms with Gasteiger partial charge in [-0.2, -0.15) is 0 Å². The summed E-state index contributed by atoms with van der Waals surface area (Å²) in [5, 5.41) is 12.3. The molecule has 7 aliphatic rings. The Bertz CT molecular complexity index is 1070. The Kier molecular flexibility index (Phi) is 4.42. The Morgan fingerprint density at radius 2 is 1.89 bits per heavy atom. The minimum Gasteiger partial charge on any atom is -0.493 e. The molecule has 0 amide bonds. The van der Waals surface area contributed by atoms with E-state index in [0.29, 0.717) is 6.04 Å². The zero-order valence-electron chi connectivity index (χ0n) is 22.4. The number of hydrogen-bond donors (Lipinski definition) is 1. The Morgan fingerprint density at radius 1 is 1.11 bits per heavy atom. The van der Waals surface area contributed by atoms with E-state index >= 15 is 0 Å². The Hall–Kier alpha value is -1.30. The van der Waals surface area contributed by atoms with Crippen molar-refractivity contribution in [2.24, 2.45) is 22.7 Å². The van der Waals surface area contributed by atoms with Gasteiger partial charge in [-0.3, -0.25) is 4.90 Å². The van der Waals surface area contributed by atoms with Crippen molar-refractivity contribution in [2.75, 3.05) is 27.3 Å². The molecule has 192 valence electrons. The van der Waals surface area contributed by atoms with Crippen LogP contribution in [0.1, 0.15) is 77.3 Å². The standard InChI is InChI=1S/C30H43NO4/c1-26(2,3)27(4,32)21-16-28-11-12-30(21,34-6)25-29(28)13-14-31(17-18-7-8-18)22(28)15-19-9-10-20(33-5)24(35-25)23(19)29/h9-10,18,21-22,25,32H,7-8,11-17H2,1-6H3/t21-,22-,25-,27?,28-,29+,30+/m1/s1. The van der Waals surface area contributed by atoms with Gasteiger partial charge in [0.15, 0.2) is 11.5 Å². The fourth-order valence-corrected chi connectivity index (χ4v) is 9.73. The van der Waals surface area contributed by atoms with Crippen molar-refractivity contribution in [3.05, 3.63) is 23.3 Å². The van der Waals surface area contributed by atoms with Gasteiger partial charge < -0.3 is 19.3 Å². The quantitative estimate of drug-likeness (QED) is 0.660. The summed E-state index contributed by atoms with van der Waals surface area (Å²) in [6.45, 7) is 11.0. The fraction of sp³-hybridized carbons (Fsp3) is 0.800. The molecule has 1 saturated heterocycles. The number of benzene rings is 1. The molecular formula is C30H43NO4. The van der Waals surface area contributed by atoms with Crippen molar-refractivity contribution in [1.29, 1.82) is 0 Å². The van der Waals surface area contributed by atoms with Gasteiger partial charge in [0, 0.05) is 42.0 Å². The first-order valence-electron chi connectivity index (χ1n) is 13.9. The smallest absolute Gasteiger partial charge is 0.165 e. The van der Waals surface area contributed by atoms with Gasteiger partial charge in [0.05, 0.1) is 12.7 Å². The highest BCUT2D eigenvalue weighted by molar-refractivity contribution is 5.63. The minimum absolute atomic E-state index is 0.0112. The van der Waals surface area contributed by atoms with E-state index in [4.69, 9.17) is 14.2 Å². The lowest BCUT2D eigenvalue weighted by atomic mass is 9.33. The minimum atomic E-state index is -0.879. The second-order valence-electron chi connectivity index (χ2n) is 14.0. The average Bonchev–Trinajstić information content (AvgIpc) is 3.56. The third-order valence-corrected chi connectivity index (χ3v) is 12.1.